The summed E-state index contributed by atoms with van der Waals surface area (Å²) in [5.74, 6) is 1.34. The van der Waals surface area contributed by atoms with E-state index in [1.54, 1.807) is 20.2 Å². The number of aromatic nitrogens is 1. The van der Waals surface area contributed by atoms with Crippen LogP contribution >= 0.6 is 0 Å². The summed E-state index contributed by atoms with van der Waals surface area (Å²) in [6, 6.07) is 5.51. The molecule has 0 bridgehead atoms. The van der Waals surface area contributed by atoms with Crippen molar-refractivity contribution < 1.29 is 4.74 Å². The number of hydrogen-bond donors (Lipinski definition) is 2. The maximum Gasteiger partial charge on any atom is 0.214 e. The Kier molecular flexibility index (Phi) is 2.68. The molecule has 0 aliphatic rings. The highest BCUT2D eigenvalue weighted by atomic mass is 16.5. The third-order valence-electron chi connectivity index (χ3n) is 1.19. The predicted octanol–water partition coefficient (Wildman–Crippen LogP) is 0.636. The lowest BCUT2D eigenvalue weighted by Gasteiger charge is -2.03. The van der Waals surface area contributed by atoms with Crippen LogP contribution in [-0.2, 0) is 0 Å². The largest absolute Gasteiger partial charge is 0.481 e. The van der Waals surface area contributed by atoms with Crippen molar-refractivity contribution >= 4 is 5.82 Å². The molecule has 0 aromatic carbocycles. The van der Waals surface area contributed by atoms with Crippen molar-refractivity contribution in [3.63, 3.8) is 0 Å². The quantitative estimate of drug-likeness (QED) is 0.625. The van der Waals surface area contributed by atoms with Crippen LogP contribution < -0.4 is 15.6 Å². The second-order valence-electron chi connectivity index (χ2n) is 1.94. The number of methoxy groups -OCH3 is 1. The average molecular weight is 153 g/mol. The van der Waals surface area contributed by atoms with Crippen molar-refractivity contribution in [2.24, 2.45) is 0 Å². The first-order valence-electron chi connectivity index (χ1n) is 3.30. The number of hydrogen-bond acceptors (Lipinski definition) is 4. The van der Waals surface area contributed by atoms with Crippen LogP contribution in [0.2, 0.25) is 0 Å². The molecule has 60 valence electrons. The second-order valence-corrected chi connectivity index (χ2v) is 1.94. The Labute approximate surface area is 65.6 Å². The first kappa shape index (κ1) is 7.81. The van der Waals surface area contributed by atoms with E-state index in [0.29, 0.717) is 5.88 Å². The molecule has 0 aliphatic heterocycles. The molecule has 0 unspecified atom stereocenters. The summed E-state index contributed by atoms with van der Waals surface area (Å²) in [4.78, 5) is 4.09. The molecule has 1 aromatic rings. The number of ether oxygens (including phenoxy) is 1. The fourth-order valence-electron chi connectivity index (χ4n) is 0.726. The van der Waals surface area contributed by atoms with E-state index >= 15 is 0 Å². The Morgan fingerprint density at radius 2 is 2.27 bits per heavy atom. The molecule has 4 heteroatoms. The molecule has 0 aliphatic carbocycles. The van der Waals surface area contributed by atoms with Crippen molar-refractivity contribution in [1.82, 2.24) is 10.4 Å². The Morgan fingerprint density at radius 1 is 1.45 bits per heavy atom. The van der Waals surface area contributed by atoms with Crippen molar-refractivity contribution in [1.29, 1.82) is 0 Å². The van der Waals surface area contributed by atoms with E-state index in [1.165, 1.54) is 0 Å². The predicted molar refractivity (Wildman–Crippen MR) is 43.5 cm³/mol. The number of nitrogens with zero attached hydrogens (tertiary/aromatic N) is 1. The van der Waals surface area contributed by atoms with Crippen LogP contribution in [0, 0.1) is 0 Å². The van der Waals surface area contributed by atoms with Gasteiger partial charge in [-0.15, -0.1) is 0 Å². The summed E-state index contributed by atoms with van der Waals surface area (Å²) >= 11 is 0. The number of hydrazine groups is 1. The van der Waals surface area contributed by atoms with E-state index in [0.717, 1.165) is 5.82 Å². The molecule has 0 amide bonds. The molecule has 0 spiro atoms. The third-order valence-corrected chi connectivity index (χ3v) is 1.19. The van der Waals surface area contributed by atoms with Gasteiger partial charge in [0.15, 0.2) is 0 Å². The average Bonchev–Trinajstić information content (AvgIpc) is 2.06. The zero-order valence-electron chi connectivity index (χ0n) is 6.59. The van der Waals surface area contributed by atoms with Gasteiger partial charge < -0.3 is 10.2 Å². The van der Waals surface area contributed by atoms with Gasteiger partial charge in [-0.05, 0) is 6.07 Å². The van der Waals surface area contributed by atoms with Gasteiger partial charge in [0.1, 0.15) is 5.82 Å². The van der Waals surface area contributed by atoms with Gasteiger partial charge in [-0.3, -0.25) is 0 Å². The zero-order valence-corrected chi connectivity index (χ0v) is 6.59. The fraction of sp³-hybridized carbons (Fsp3) is 0.286. The molecule has 4 nitrogen and oxygen atoms in total. The fourth-order valence-corrected chi connectivity index (χ4v) is 0.726. The smallest absolute Gasteiger partial charge is 0.214 e. The van der Waals surface area contributed by atoms with Gasteiger partial charge >= 0.3 is 0 Å². The minimum atomic E-state index is 0.602. The first-order valence-corrected chi connectivity index (χ1v) is 3.30. The van der Waals surface area contributed by atoms with E-state index in [1.807, 2.05) is 12.1 Å². The van der Waals surface area contributed by atoms with Crippen LogP contribution in [-0.4, -0.2) is 19.1 Å². The standard InChI is InChI=1S/C7H11N3O/c1-8-10-6-4-3-5-7(9-6)11-2/h3-5,8H,1-2H3,(H,9,10). The van der Waals surface area contributed by atoms with Crippen LogP contribution in [0.4, 0.5) is 5.82 Å². The van der Waals surface area contributed by atoms with Gasteiger partial charge in [0, 0.05) is 13.1 Å². The summed E-state index contributed by atoms with van der Waals surface area (Å²) in [6.45, 7) is 0. The Hall–Kier alpha value is -1.29. The van der Waals surface area contributed by atoms with Crippen LogP contribution in [0.3, 0.4) is 0 Å². The SMILES string of the molecule is CNNc1cccc(OC)n1. The Balaban J connectivity index is 2.74. The lowest BCUT2D eigenvalue weighted by atomic mass is 10.4. The number of rotatable bonds is 3. The minimum Gasteiger partial charge on any atom is -0.481 e. The molecule has 1 rings (SSSR count). The summed E-state index contributed by atoms with van der Waals surface area (Å²) in [5.41, 5.74) is 5.61. The number of anilines is 1. The van der Waals surface area contributed by atoms with Crippen molar-refractivity contribution in [3.8, 4) is 5.88 Å². The van der Waals surface area contributed by atoms with Gasteiger partial charge in [0.25, 0.3) is 0 Å². The van der Waals surface area contributed by atoms with Crippen molar-refractivity contribution in [2.75, 3.05) is 19.6 Å². The van der Waals surface area contributed by atoms with Gasteiger partial charge in [0.2, 0.25) is 5.88 Å². The summed E-state index contributed by atoms with van der Waals surface area (Å²) in [6.07, 6.45) is 0. The van der Waals surface area contributed by atoms with Gasteiger partial charge in [-0.1, -0.05) is 6.07 Å². The maximum atomic E-state index is 4.92. The number of pyridine rings is 1. The van der Waals surface area contributed by atoms with E-state index in [9.17, 15) is 0 Å². The van der Waals surface area contributed by atoms with E-state index in [2.05, 4.69) is 15.8 Å². The molecule has 0 atom stereocenters. The second kappa shape index (κ2) is 3.78. The lowest BCUT2D eigenvalue weighted by Crippen LogP contribution is -2.15. The molecule has 1 aromatic heterocycles. The number of nitrogens with one attached hydrogen (secondary N) is 2. The van der Waals surface area contributed by atoms with Crippen LogP contribution in [0.15, 0.2) is 18.2 Å². The monoisotopic (exact) mass is 153 g/mol. The molecule has 1 heterocycles. The lowest BCUT2D eigenvalue weighted by molar-refractivity contribution is 0.398. The Bertz CT molecular complexity index is 227. The van der Waals surface area contributed by atoms with E-state index < -0.39 is 0 Å². The zero-order chi connectivity index (χ0) is 8.10. The van der Waals surface area contributed by atoms with Gasteiger partial charge in [-0.25, -0.2) is 5.43 Å². The molecule has 11 heavy (non-hydrogen) atoms. The highest BCUT2D eigenvalue weighted by Gasteiger charge is 1.93. The molecule has 0 fully saturated rings. The Morgan fingerprint density at radius 3 is 2.91 bits per heavy atom. The summed E-state index contributed by atoms with van der Waals surface area (Å²) < 4.78 is 4.92. The van der Waals surface area contributed by atoms with Gasteiger partial charge in [-0.2, -0.15) is 4.98 Å². The van der Waals surface area contributed by atoms with E-state index in [-0.39, 0.29) is 0 Å². The molecular formula is C7H11N3O. The topological polar surface area (TPSA) is 46.2 Å². The normalized spacial score (nSPS) is 9.27. The summed E-state index contributed by atoms with van der Waals surface area (Å²) in [7, 11) is 3.37. The molecule has 0 saturated carbocycles. The van der Waals surface area contributed by atoms with Crippen LogP contribution in [0.5, 0.6) is 5.88 Å². The van der Waals surface area contributed by atoms with Crippen LogP contribution in [0.25, 0.3) is 0 Å². The first-order chi connectivity index (χ1) is 5.36. The summed E-state index contributed by atoms with van der Waals surface area (Å²) in [5, 5.41) is 0. The highest BCUT2D eigenvalue weighted by Crippen LogP contribution is 2.08. The minimum absolute atomic E-state index is 0.602. The highest BCUT2D eigenvalue weighted by molar-refractivity contribution is 5.35. The van der Waals surface area contributed by atoms with Gasteiger partial charge in [0.05, 0.1) is 7.11 Å². The van der Waals surface area contributed by atoms with E-state index in [4.69, 9.17) is 4.74 Å². The molecule has 2 N–H and O–H groups in total. The molecular weight excluding hydrogens is 142 g/mol. The molecule has 0 radical (unpaired) electrons. The van der Waals surface area contributed by atoms with Crippen molar-refractivity contribution in [3.05, 3.63) is 18.2 Å². The van der Waals surface area contributed by atoms with Crippen LogP contribution in [0.1, 0.15) is 0 Å². The maximum absolute atomic E-state index is 4.92. The van der Waals surface area contributed by atoms with Crippen molar-refractivity contribution in [2.45, 2.75) is 0 Å². The molecule has 0 saturated heterocycles. The third kappa shape index (κ3) is 2.09.